The molecule has 1 aromatic heterocycles. The van der Waals surface area contributed by atoms with Crippen LogP contribution in [0.1, 0.15) is 17.0 Å². The highest BCUT2D eigenvalue weighted by Gasteiger charge is 2.34. The van der Waals surface area contributed by atoms with E-state index in [0.29, 0.717) is 17.0 Å². The first-order chi connectivity index (χ1) is 8.15. The van der Waals surface area contributed by atoms with Gasteiger partial charge in [-0.25, -0.2) is 0 Å². The zero-order valence-electron chi connectivity index (χ0n) is 9.49. The third kappa shape index (κ3) is 3.05. The van der Waals surface area contributed by atoms with Crippen molar-refractivity contribution in [2.75, 3.05) is 25.2 Å². The number of amides is 1. The summed E-state index contributed by atoms with van der Waals surface area (Å²) >= 11 is 5.02. The van der Waals surface area contributed by atoms with E-state index >= 15 is 0 Å². The number of halogens is 1. The van der Waals surface area contributed by atoms with Gasteiger partial charge in [0.05, 0.1) is 5.60 Å². The number of hydrogen-bond acceptors (Lipinski definition) is 4. The quantitative estimate of drug-likeness (QED) is 0.925. The van der Waals surface area contributed by atoms with Crippen molar-refractivity contribution in [1.82, 2.24) is 5.32 Å². The van der Waals surface area contributed by atoms with Crippen molar-refractivity contribution in [2.24, 2.45) is 0 Å². The molecular formula is C11H14BrNO3S. The van der Waals surface area contributed by atoms with Crippen LogP contribution in [0.2, 0.25) is 0 Å². The lowest BCUT2D eigenvalue weighted by Crippen LogP contribution is -2.44. The Hall–Kier alpha value is -0.460. The highest BCUT2D eigenvalue weighted by atomic mass is 79.9. The van der Waals surface area contributed by atoms with Crippen LogP contribution in [0.5, 0.6) is 0 Å². The number of ether oxygens (including phenoxy) is 1. The Labute approximate surface area is 113 Å². The molecule has 1 unspecified atom stereocenters. The number of furan rings is 1. The van der Waals surface area contributed by atoms with Crippen LogP contribution in [0.4, 0.5) is 0 Å². The van der Waals surface area contributed by atoms with Crippen molar-refractivity contribution in [3.8, 4) is 0 Å². The molecule has 6 heteroatoms. The third-order valence-corrected chi connectivity index (χ3v) is 4.52. The van der Waals surface area contributed by atoms with Gasteiger partial charge < -0.3 is 14.5 Å². The topological polar surface area (TPSA) is 51.5 Å². The summed E-state index contributed by atoms with van der Waals surface area (Å²) in [6, 6.07) is 3.34. The normalized spacial score (nSPS) is 23.9. The molecule has 0 aliphatic carbocycles. The summed E-state index contributed by atoms with van der Waals surface area (Å²) in [6.45, 7) is 0.521. The van der Waals surface area contributed by atoms with Crippen molar-refractivity contribution in [3.63, 3.8) is 0 Å². The molecule has 1 saturated heterocycles. The van der Waals surface area contributed by atoms with E-state index in [1.54, 1.807) is 19.2 Å². The Balaban J connectivity index is 1.91. The molecule has 0 spiro atoms. The van der Waals surface area contributed by atoms with Gasteiger partial charge in [0.15, 0.2) is 10.4 Å². The van der Waals surface area contributed by atoms with Gasteiger partial charge >= 0.3 is 0 Å². The van der Waals surface area contributed by atoms with E-state index in [-0.39, 0.29) is 11.5 Å². The predicted octanol–water partition coefficient (Wildman–Crippen LogP) is 2.29. The predicted molar refractivity (Wildman–Crippen MR) is 70.4 cm³/mol. The maximum absolute atomic E-state index is 11.8. The van der Waals surface area contributed by atoms with Gasteiger partial charge in [0, 0.05) is 19.4 Å². The smallest absolute Gasteiger partial charge is 0.287 e. The molecule has 1 amide bonds. The lowest BCUT2D eigenvalue weighted by Gasteiger charge is -2.26. The SMILES string of the molecule is COC1(CNC(=O)c2ccc(Br)o2)CCSC1. The minimum Gasteiger partial charge on any atom is -0.444 e. The maximum atomic E-state index is 11.8. The van der Waals surface area contributed by atoms with E-state index < -0.39 is 0 Å². The Bertz CT molecular complexity index is 401. The highest BCUT2D eigenvalue weighted by molar-refractivity contribution is 9.10. The molecule has 1 aliphatic heterocycles. The molecule has 0 radical (unpaired) electrons. The summed E-state index contributed by atoms with van der Waals surface area (Å²) < 4.78 is 11.3. The van der Waals surface area contributed by atoms with E-state index in [1.165, 1.54) is 0 Å². The number of rotatable bonds is 4. The number of carbonyl (C=O) groups excluding carboxylic acids is 1. The van der Waals surface area contributed by atoms with Gasteiger partial charge in [0.25, 0.3) is 5.91 Å². The molecule has 0 bridgehead atoms. The average Bonchev–Trinajstić information content (AvgIpc) is 2.95. The van der Waals surface area contributed by atoms with E-state index in [0.717, 1.165) is 17.9 Å². The highest BCUT2D eigenvalue weighted by Crippen LogP contribution is 2.30. The maximum Gasteiger partial charge on any atom is 0.287 e. The molecule has 0 saturated carbocycles. The molecular weight excluding hydrogens is 306 g/mol. The van der Waals surface area contributed by atoms with Crippen molar-refractivity contribution >= 4 is 33.6 Å². The minimum absolute atomic E-state index is 0.205. The molecule has 2 heterocycles. The van der Waals surface area contributed by atoms with Crippen LogP contribution in [0.15, 0.2) is 21.2 Å². The van der Waals surface area contributed by atoms with Crippen LogP contribution in [-0.4, -0.2) is 36.7 Å². The number of carbonyl (C=O) groups is 1. The third-order valence-electron chi connectivity index (χ3n) is 2.87. The van der Waals surface area contributed by atoms with Gasteiger partial charge in [-0.05, 0) is 40.2 Å². The van der Waals surface area contributed by atoms with E-state index in [1.807, 2.05) is 11.8 Å². The first kappa shape index (κ1) is 13.0. The summed E-state index contributed by atoms with van der Waals surface area (Å²) in [5.74, 6) is 2.11. The molecule has 1 atom stereocenters. The van der Waals surface area contributed by atoms with Gasteiger partial charge in [-0.1, -0.05) is 0 Å². The van der Waals surface area contributed by atoms with E-state index in [9.17, 15) is 4.79 Å². The first-order valence-corrected chi connectivity index (χ1v) is 7.26. The first-order valence-electron chi connectivity index (χ1n) is 5.32. The standard InChI is InChI=1S/C11H14BrNO3S/c1-15-11(4-5-17-7-11)6-13-10(14)8-2-3-9(12)16-8/h2-3H,4-7H2,1H3,(H,13,14). The van der Waals surface area contributed by atoms with Crippen molar-refractivity contribution in [2.45, 2.75) is 12.0 Å². The lowest BCUT2D eigenvalue weighted by atomic mass is 10.0. The number of hydrogen-bond donors (Lipinski definition) is 1. The molecule has 1 fully saturated rings. The molecule has 17 heavy (non-hydrogen) atoms. The van der Waals surface area contributed by atoms with Crippen LogP contribution in [0.25, 0.3) is 0 Å². The van der Waals surface area contributed by atoms with Gasteiger partial charge in [0.1, 0.15) is 0 Å². The van der Waals surface area contributed by atoms with Gasteiger partial charge in [-0.2, -0.15) is 11.8 Å². The molecule has 0 aromatic carbocycles. The fraction of sp³-hybridized carbons (Fsp3) is 0.545. The molecule has 94 valence electrons. The average molecular weight is 320 g/mol. The lowest BCUT2D eigenvalue weighted by molar-refractivity contribution is 0.0134. The largest absolute Gasteiger partial charge is 0.444 e. The minimum atomic E-state index is -0.218. The monoisotopic (exact) mass is 319 g/mol. The summed E-state index contributed by atoms with van der Waals surface area (Å²) in [4.78, 5) is 11.8. The van der Waals surface area contributed by atoms with Crippen LogP contribution in [0.3, 0.4) is 0 Å². The van der Waals surface area contributed by atoms with Crippen LogP contribution in [-0.2, 0) is 4.74 Å². The van der Waals surface area contributed by atoms with Crippen molar-refractivity contribution in [3.05, 3.63) is 22.6 Å². The van der Waals surface area contributed by atoms with E-state index in [4.69, 9.17) is 9.15 Å². The van der Waals surface area contributed by atoms with Crippen LogP contribution in [0, 0.1) is 0 Å². The number of thioether (sulfide) groups is 1. The molecule has 1 aliphatic rings. The summed E-state index contributed by atoms with van der Waals surface area (Å²) in [5, 5.41) is 2.85. The van der Waals surface area contributed by atoms with Gasteiger partial charge in [-0.15, -0.1) is 0 Å². The van der Waals surface area contributed by atoms with Crippen LogP contribution < -0.4 is 5.32 Å². The fourth-order valence-corrected chi connectivity index (χ4v) is 3.43. The van der Waals surface area contributed by atoms with Crippen molar-refractivity contribution < 1.29 is 13.9 Å². The fourth-order valence-electron chi connectivity index (χ4n) is 1.73. The zero-order valence-corrected chi connectivity index (χ0v) is 11.9. The Morgan fingerprint density at radius 1 is 1.71 bits per heavy atom. The zero-order chi connectivity index (χ0) is 12.3. The molecule has 2 rings (SSSR count). The summed E-state index contributed by atoms with van der Waals surface area (Å²) in [7, 11) is 1.70. The number of methoxy groups -OCH3 is 1. The van der Waals surface area contributed by atoms with Crippen LogP contribution >= 0.6 is 27.7 Å². The molecule has 4 nitrogen and oxygen atoms in total. The molecule has 1 aromatic rings. The Morgan fingerprint density at radius 3 is 3.06 bits per heavy atom. The second kappa shape index (κ2) is 5.46. The van der Waals surface area contributed by atoms with E-state index in [2.05, 4.69) is 21.2 Å². The number of nitrogens with one attached hydrogen (secondary N) is 1. The Kier molecular flexibility index (Phi) is 4.17. The second-order valence-electron chi connectivity index (χ2n) is 3.98. The van der Waals surface area contributed by atoms with Gasteiger partial charge in [-0.3, -0.25) is 4.79 Å². The van der Waals surface area contributed by atoms with Gasteiger partial charge in [0.2, 0.25) is 0 Å². The second-order valence-corrected chi connectivity index (χ2v) is 5.86. The molecule has 1 N–H and O–H groups in total. The summed E-state index contributed by atoms with van der Waals surface area (Å²) in [5.41, 5.74) is -0.218. The van der Waals surface area contributed by atoms with Crippen molar-refractivity contribution in [1.29, 1.82) is 0 Å². The Morgan fingerprint density at radius 2 is 2.53 bits per heavy atom. The summed E-state index contributed by atoms with van der Waals surface area (Å²) in [6.07, 6.45) is 0.969.